The zero-order valence-electron chi connectivity index (χ0n) is 13.5. The van der Waals surface area contributed by atoms with Gasteiger partial charge < -0.3 is 4.74 Å². The Balaban J connectivity index is 1.76. The molecule has 2 aromatic rings. The Bertz CT molecular complexity index is 655. The van der Waals surface area contributed by atoms with Crippen LogP contribution < -0.4 is 4.90 Å². The Morgan fingerprint density at radius 2 is 1.88 bits per heavy atom. The third-order valence-electron chi connectivity index (χ3n) is 4.31. The Hall–Kier alpha value is -2.07. The molecule has 5 heteroatoms. The summed E-state index contributed by atoms with van der Waals surface area (Å²) in [4.78, 5) is 18.5. The summed E-state index contributed by atoms with van der Waals surface area (Å²) in [6.07, 6.45) is 7.14. The Labute approximate surface area is 147 Å². The molecule has 0 atom stereocenters. The van der Waals surface area contributed by atoms with Gasteiger partial charge in [0.05, 0.1) is 17.3 Å². The molecule has 0 bridgehead atoms. The van der Waals surface area contributed by atoms with Crippen molar-refractivity contribution in [2.45, 2.75) is 32.1 Å². The molecule has 1 saturated carbocycles. The normalized spacial score (nSPS) is 15.0. The molecule has 0 N–H and O–H groups in total. The Morgan fingerprint density at radius 1 is 1.12 bits per heavy atom. The second-order valence-electron chi connectivity index (χ2n) is 6.09. The van der Waals surface area contributed by atoms with Crippen molar-refractivity contribution in [1.82, 2.24) is 4.98 Å². The number of rotatable bonds is 4. The number of carbonyl (C=O) groups excluding carboxylic acids is 1. The first-order chi connectivity index (χ1) is 11.7. The van der Waals surface area contributed by atoms with E-state index in [9.17, 15) is 4.79 Å². The fraction of sp³-hybridized carbons (Fsp3) is 0.368. The molecule has 1 amide bonds. The number of carbonyl (C=O) groups is 1. The van der Waals surface area contributed by atoms with Gasteiger partial charge in [-0.1, -0.05) is 49.1 Å². The van der Waals surface area contributed by atoms with Crippen LogP contribution in [0.2, 0.25) is 5.02 Å². The highest BCUT2D eigenvalue weighted by Gasteiger charge is 2.23. The van der Waals surface area contributed by atoms with Crippen LogP contribution in [-0.2, 0) is 4.74 Å². The van der Waals surface area contributed by atoms with Crippen LogP contribution in [0.4, 0.5) is 16.3 Å². The third kappa shape index (κ3) is 4.26. The highest BCUT2D eigenvalue weighted by atomic mass is 35.5. The number of ether oxygens (including phenoxy) is 1. The third-order valence-corrected chi connectivity index (χ3v) is 4.53. The average molecular weight is 345 g/mol. The number of para-hydroxylation sites is 1. The van der Waals surface area contributed by atoms with Crippen LogP contribution in [0.15, 0.2) is 48.7 Å². The van der Waals surface area contributed by atoms with Crippen LogP contribution in [0.25, 0.3) is 0 Å². The van der Waals surface area contributed by atoms with Crippen molar-refractivity contribution in [3.63, 3.8) is 0 Å². The number of hydrogen-bond acceptors (Lipinski definition) is 3. The predicted molar refractivity (Wildman–Crippen MR) is 95.8 cm³/mol. The minimum atomic E-state index is -0.401. The van der Waals surface area contributed by atoms with E-state index in [0.29, 0.717) is 23.4 Å². The molecule has 126 valence electrons. The summed E-state index contributed by atoms with van der Waals surface area (Å²) < 4.78 is 5.60. The average Bonchev–Trinajstić information content (AvgIpc) is 2.64. The van der Waals surface area contributed by atoms with E-state index < -0.39 is 6.09 Å². The van der Waals surface area contributed by atoms with Gasteiger partial charge in [0.15, 0.2) is 0 Å². The van der Waals surface area contributed by atoms with Gasteiger partial charge in [0.2, 0.25) is 0 Å². The summed E-state index contributed by atoms with van der Waals surface area (Å²) >= 11 is 5.91. The monoisotopic (exact) mass is 344 g/mol. The molecule has 4 nitrogen and oxygen atoms in total. The molecular weight excluding hydrogens is 324 g/mol. The van der Waals surface area contributed by atoms with Crippen LogP contribution in [0.5, 0.6) is 0 Å². The maximum Gasteiger partial charge on any atom is 0.420 e. The topological polar surface area (TPSA) is 42.4 Å². The molecule has 3 rings (SSSR count). The van der Waals surface area contributed by atoms with Crippen molar-refractivity contribution in [2.24, 2.45) is 5.92 Å². The summed E-state index contributed by atoms with van der Waals surface area (Å²) in [5, 5.41) is 0.530. The van der Waals surface area contributed by atoms with E-state index in [1.807, 2.05) is 30.3 Å². The number of hydrogen-bond donors (Lipinski definition) is 0. The van der Waals surface area contributed by atoms with Gasteiger partial charge in [0, 0.05) is 6.20 Å². The van der Waals surface area contributed by atoms with Crippen molar-refractivity contribution in [1.29, 1.82) is 0 Å². The molecule has 1 aliphatic rings. The first kappa shape index (κ1) is 16.8. The quantitative estimate of drug-likeness (QED) is 0.726. The van der Waals surface area contributed by atoms with Crippen LogP contribution >= 0.6 is 11.6 Å². The molecule has 0 radical (unpaired) electrons. The lowest BCUT2D eigenvalue weighted by atomic mass is 9.90. The van der Waals surface area contributed by atoms with E-state index in [1.54, 1.807) is 12.1 Å². The molecule has 0 aliphatic heterocycles. The standard InChI is InChI=1S/C19H21ClN2O2/c20-16-11-12-18(21-13-16)22(17-9-5-2-6-10-17)19(23)24-14-15-7-3-1-4-8-15/h2,5-6,9-13,15H,1,3-4,7-8,14H2. The first-order valence-electron chi connectivity index (χ1n) is 8.37. The second-order valence-corrected chi connectivity index (χ2v) is 6.52. The van der Waals surface area contributed by atoms with Gasteiger partial charge in [0.1, 0.15) is 5.82 Å². The largest absolute Gasteiger partial charge is 0.449 e. The molecule has 0 spiro atoms. The summed E-state index contributed by atoms with van der Waals surface area (Å²) in [7, 11) is 0. The SMILES string of the molecule is O=C(OCC1CCCCC1)N(c1ccccc1)c1ccc(Cl)cn1. The van der Waals surface area contributed by atoms with E-state index in [0.717, 1.165) is 18.5 Å². The van der Waals surface area contributed by atoms with Crippen molar-refractivity contribution in [3.05, 3.63) is 53.7 Å². The highest BCUT2D eigenvalue weighted by Crippen LogP contribution is 2.27. The fourth-order valence-corrected chi connectivity index (χ4v) is 3.13. The lowest BCUT2D eigenvalue weighted by Crippen LogP contribution is -2.29. The molecule has 0 saturated heterocycles. The van der Waals surface area contributed by atoms with Gasteiger partial charge in [0.25, 0.3) is 0 Å². The van der Waals surface area contributed by atoms with Gasteiger partial charge in [-0.05, 0) is 43.0 Å². The first-order valence-corrected chi connectivity index (χ1v) is 8.75. The molecule has 0 unspecified atom stereocenters. The van der Waals surface area contributed by atoms with E-state index in [-0.39, 0.29) is 0 Å². The molecule has 1 heterocycles. The number of aromatic nitrogens is 1. The summed E-state index contributed by atoms with van der Waals surface area (Å²) in [6, 6.07) is 12.8. The fourth-order valence-electron chi connectivity index (χ4n) is 3.02. The summed E-state index contributed by atoms with van der Waals surface area (Å²) in [5.41, 5.74) is 0.723. The highest BCUT2D eigenvalue weighted by molar-refractivity contribution is 6.30. The number of benzene rings is 1. The molecular formula is C19H21ClN2O2. The maximum absolute atomic E-state index is 12.7. The van der Waals surface area contributed by atoms with Crippen LogP contribution in [0, 0.1) is 5.92 Å². The van der Waals surface area contributed by atoms with Crippen LogP contribution in [0.3, 0.4) is 0 Å². The van der Waals surface area contributed by atoms with E-state index in [2.05, 4.69) is 4.98 Å². The number of amides is 1. The lowest BCUT2D eigenvalue weighted by molar-refractivity contribution is 0.124. The predicted octanol–water partition coefficient (Wildman–Crippen LogP) is 5.59. The number of halogens is 1. The Kier molecular flexibility index (Phi) is 5.70. The van der Waals surface area contributed by atoms with Gasteiger partial charge in [-0.3, -0.25) is 0 Å². The van der Waals surface area contributed by atoms with Gasteiger partial charge in [-0.15, -0.1) is 0 Å². The zero-order chi connectivity index (χ0) is 16.8. The number of nitrogens with zero attached hydrogens (tertiary/aromatic N) is 2. The Morgan fingerprint density at radius 3 is 2.54 bits per heavy atom. The summed E-state index contributed by atoms with van der Waals surface area (Å²) in [5.74, 6) is 0.970. The number of pyridine rings is 1. The zero-order valence-corrected chi connectivity index (χ0v) is 14.3. The lowest BCUT2D eigenvalue weighted by Gasteiger charge is -2.25. The van der Waals surface area contributed by atoms with Crippen LogP contribution in [0.1, 0.15) is 32.1 Å². The minimum Gasteiger partial charge on any atom is -0.449 e. The molecule has 1 aliphatic carbocycles. The molecule has 24 heavy (non-hydrogen) atoms. The second kappa shape index (κ2) is 8.15. The van der Waals surface area contributed by atoms with Gasteiger partial charge >= 0.3 is 6.09 Å². The van der Waals surface area contributed by atoms with Gasteiger partial charge in [-0.25, -0.2) is 14.7 Å². The van der Waals surface area contributed by atoms with E-state index in [4.69, 9.17) is 16.3 Å². The molecule has 1 aromatic carbocycles. The van der Waals surface area contributed by atoms with Crippen molar-refractivity contribution in [2.75, 3.05) is 11.5 Å². The van der Waals surface area contributed by atoms with Crippen molar-refractivity contribution >= 4 is 29.2 Å². The van der Waals surface area contributed by atoms with Gasteiger partial charge in [-0.2, -0.15) is 0 Å². The van der Waals surface area contributed by atoms with E-state index >= 15 is 0 Å². The van der Waals surface area contributed by atoms with Crippen molar-refractivity contribution < 1.29 is 9.53 Å². The minimum absolute atomic E-state index is 0.401. The molecule has 1 fully saturated rings. The maximum atomic E-state index is 12.7. The smallest absolute Gasteiger partial charge is 0.420 e. The molecule has 1 aromatic heterocycles. The summed E-state index contributed by atoms with van der Waals surface area (Å²) in [6.45, 7) is 0.468. The van der Waals surface area contributed by atoms with E-state index in [1.165, 1.54) is 30.4 Å². The van der Waals surface area contributed by atoms with Crippen LogP contribution in [-0.4, -0.2) is 17.7 Å². The van der Waals surface area contributed by atoms with Crippen molar-refractivity contribution in [3.8, 4) is 0 Å². The number of anilines is 2.